The molecule has 1 aromatic heterocycles. The Hall–Kier alpha value is -1.77. The van der Waals surface area contributed by atoms with Crippen molar-refractivity contribution in [2.45, 2.75) is 26.7 Å². The van der Waals surface area contributed by atoms with E-state index in [0.717, 1.165) is 11.8 Å². The fourth-order valence-electron chi connectivity index (χ4n) is 1.85. The average molecular weight is 232 g/mol. The monoisotopic (exact) mass is 232 g/mol. The smallest absolute Gasteiger partial charge is 0.197 e. The fraction of sp³-hybridized carbons (Fsp3) is 0.357. The van der Waals surface area contributed by atoms with Gasteiger partial charge in [0.15, 0.2) is 22.9 Å². The lowest BCUT2D eigenvalue weighted by Gasteiger charge is -2.03. The molecule has 0 amide bonds. The number of rotatable bonds is 4. The Morgan fingerprint density at radius 3 is 2.65 bits per heavy atom. The molecule has 1 heterocycles. The van der Waals surface area contributed by atoms with Crippen molar-refractivity contribution in [2.24, 2.45) is 0 Å². The predicted molar refractivity (Wildman–Crippen MR) is 66.8 cm³/mol. The molecule has 0 bridgehead atoms. The minimum absolute atomic E-state index is 0.0151. The number of carbonyl (C=O) groups is 1. The number of methoxy groups -OCH3 is 1. The average Bonchev–Trinajstić information content (AvgIpc) is 2.80. The van der Waals surface area contributed by atoms with Gasteiger partial charge in [-0.2, -0.15) is 0 Å². The van der Waals surface area contributed by atoms with Gasteiger partial charge >= 0.3 is 0 Å². The molecule has 90 valence electrons. The first-order valence-electron chi connectivity index (χ1n) is 5.83. The molecule has 0 saturated carbocycles. The van der Waals surface area contributed by atoms with Gasteiger partial charge in [-0.15, -0.1) is 0 Å². The molecule has 2 rings (SSSR count). The molecule has 1 aromatic carbocycles. The highest BCUT2D eigenvalue weighted by Crippen LogP contribution is 2.31. The van der Waals surface area contributed by atoms with Crippen molar-refractivity contribution in [1.82, 2.24) is 0 Å². The van der Waals surface area contributed by atoms with Gasteiger partial charge in [0.2, 0.25) is 0 Å². The number of hydrogen-bond acceptors (Lipinski definition) is 3. The molecule has 17 heavy (non-hydrogen) atoms. The highest BCUT2D eigenvalue weighted by Gasteiger charge is 2.14. The van der Waals surface area contributed by atoms with E-state index in [1.54, 1.807) is 13.2 Å². The van der Waals surface area contributed by atoms with Crippen LogP contribution >= 0.6 is 0 Å². The van der Waals surface area contributed by atoms with Gasteiger partial charge in [-0.3, -0.25) is 4.79 Å². The molecule has 3 nitrogen and oxygen atoms in total. The number of benzene rings is 1. The normalized spacial score (nSPS) is 10.8. The molecule has 0 aliphatic carbocycles. The van der Waals surface area contributed by atoms with E-state index in [4.69, 9.17) is 9.15 Å². The van der Waals surface area contributed by atoms with E-state index in [1.165, 1.54) is 5.56 Å². The molecule has 2 aromatic rings. The molecule has 0 saturated heterocycles. The van der Waals surface area contributed by atoms with E-state index in [1.807, 2.05) is 19.1 Å². The number of furan rings is 1. The number of Topliss-reactive ketones (excluding diaryl/α,β-unsaturated/α-hetero) is 1. The summed E-state index contributed by atoms with van der Waals surface area (Å²) in [7, 11) is 1.61. The van der Waals surface area contributed by atoms with Crippen LogP contribution in [0.4, 0.5) is 0 Å². The standard InChI is InChI=1S/C14H16O3/c1-4-9-6-10-8-12(11(15)5-2)17-14(10)13(7-9)16-3/h6-8H,4-5H2,1-3H3. The van der Waals surface area contributed by atoms with Crippen LogP contribution in [0.3, 0.4) is 0 Å². The van der Waals surface area contributed by atoms with E-state index in [-0.39, 0.29) is 5.78 Å². The maximum absolute atomic E-state index is 11.6. The number of ether oxygens (including phenoxy) is 1. The maximum atomic E-state index is 11.6. The summed E-state index contributed by atoms with van der Waals surface area (Å²) in [6.45, 7) is 3.91. The van der Waals surface area contributed by atoms with Crippen molar-refractivity contribution in [3.63, 3.8) is 0 Å². The third kappa shape index (κ3) is 2.05. The molecule has 0 N–H and O–H groups in total. The van der Waals surface area contributed by atoms with Crippen LogP contribution in [0.5, 0.6) is 5.75 Å². The second-order valence-electron chi connectivity index (χ2n) is 3.96. The minimum Gasteiger partial charge on any atom is -0.493 e. The second-order valence-corrected chi connectivity index (χ2v) is 3.96. The lowest BCUT2D eigenvalue weighted by Crippen LogP contribution is -1.92. The van der Waals surface area contributed by atoms with Crippen molar-refractivity contribution in [3.05, 3.63) is 29.5 Å². The van der Waals surface area contributed by atoms with Crippen molar-refractivity contribution < 1.29 is 13.9 Å². The van der Waals surface area contributed by atoms with E-state index in [2.05, 4.69) is 6.92 Å². The third-order valence-electron chi connectivity index (χ3n) is 2.87. The summed E-state index contributed by atoms with van der Waals surface area (Å²) in [4.78, 5) is 11.6. The Balaban J connectivity index is 2.62. The summed E-state index contributed by atoms with van der Waals surface area (Å²) in [5.41, 5.74) is 1.83. The Labute approximate surface area is 100 Å². The van der Waals surface area contributed by atoms with Gasteiger partial charge in [-0.1, -0.05) is 13.8 Å². The van der Waals surface area contributed by atoms with Gasteiger partial charge < -0.3 is 9.15 Å². The van der Waals surface area contributed by atoms with Gasteiger partial charge in [-0.25, -0.2) is 0 Å². The summed E-state index contributed by atoms with van der Waals surface area (Å²) in [5.74, 6) is 1.12. The number of ketones is 1. The van der Waals surface area contributed by atoms with Crippen LogP contribution in [-0.2, 0) is 6.42 Å². The van der Waals surface area contributed by atoms with E-state index in [9.17, 15) is 4.79 Å². The first-order valence-corrected chi connectivity index (χ1v) is 5.83. The first-order chi connectivity index (χ1) is 8.19. The van der Waals surface area contributed by atoms with Gasteiger partial charge in [0.05, 0.1) is 7.11 Å². The zero-order valence-electron chi connectivity index (χ0n) is 10.4. The molecule has 0 radical (unpaired) electrons. The molecular formula is C14H16O3. The summed E-state index contributed by atoms with van der Waals surface area (Å²) in [6, 6.07) is 5.78. The number of fused-ring (bicyclic) bond motifs is 1. The minimum atomic E-state index is 0.0151. The number of hydrogen-bond donors (Lipinski definition) is 0. The van der Waals surface area contributed by atoms with Crippen LogP contribution in [-0.4, -0.2) is 12.9 Å². The Morgan fingerprint density at radius 1 is 1.29 bits per heavy atom. The molecule has 0 unspecified atom stereocenters. The highest BCUT2D eigenvalue weighted by atomic mass is 16.5. The van der Waals surface area contributed by atoms with E-state index < -0.39 is 0 Å². The van der Waals surface area contributed by atoms with Gasteiger partial charge in [-0.05, 0) is 30.2 Å². The topological polar surface area (TPSA) is 39.4 Å². The maximum Gasteiger partial charge on any atom is 0.197 e. The van der Waals surface area contributed by atoms with Crippen LogP contribution < -0.4 is 4.74 Å². The van der Waals surface area contributed by atoms with Crippen LogP contribution in [0.2, 0.25) is 0 Å². The lowest BCUT2D eigenvalue weighted by molar-refractivity contribution is 0.0963. The van der Waals surface area contributed by atoms with Gasteiger partial charge in [0.25, 0.3) is 0 Å². The quantitative estimate of drug-likeness (QED) is 0.756. The largest absolute Gasteiger partial charge is 0.493 e. The van der Waals surface area contributed by atoms with Crippen molar-refractivity contribution in [3.8, 4) is 5.75 Å². The Kier molecular flexibility index (Phi) is 3.18. The van der Waals surface area contributed by atoms with E-state index >= 15 is 0 Å². The predicted octanol–water partition coefficient (Wildman–Crippen LogP) is 3.60. The van der Waals surface area contributed by atoms with Crippen LogP contribution in [0.15, 0.2) is 22.6 Å². The van der Waals surface area contributed by atoms with Crippen molar-refractivity contribution >= 4 is 16.8 Å². The molecule has 0 fully saturated rings. The fourth-order valence-corrected chi connectivity index (χ4v) is 1.85. The van der Waals surface area contributed by atoms with Crippen LogP contribution in [0, 0.1) is 0 Å². The Bertz CT molecular complexity index is 552. The van der Waals surface area contributed by atoms with Crippen molar-refractivity contribution in [1.29, 1.82) is 0 Å². The third-order valence-corrected chi connectivity index (χ3v) is 2.87. The van der Waals surface area contributed by atoms with Crippen LogP contribution in [0.1, 0.15) is 36.4 Å². The summed E-state index contributed by atoms with van der Waals surface area (Å²) in [5, 5.41) is 0.929. The zero-order valence-corrected chi connectivity index (χ0v) is 10.4. The molecule has 0 aliphatic heterocycles. The number of aryl methyl sites for hydroxylation is 1. The number of carbonyl (C=O) groups excluding carboxylic acids is 1. The molecule has 3 heteroatoms. The summed E-state index contributed by atoms with van der Waals surface area (Å²) < 4.78 is 10.9. The van der Waals surface area contributed by atoms with Crippen LogP contribution in [0.25, 0.3) is 11.0 Å². The summed E-state index contributed by atoms with van der Waals surface area (Å²) in [6.07, 6.45) is 1.37. The van der Waals surface area contributed by atoms with Gasteiger partial charge in [0.1, 0.15) is 0 Å². The first kappa shape index (κ1) is 11.7. The SMILES string of the molecule is CCC(=O)c1cc2cc(CC)cc(OC)c2o1. The summed E-state index contributed by atoms with van der Waals surface area (Å²) >= 11 is 0. The second kappa shape index (κ2) is 4.62. The van der Waals surface area contributed by atoms with E-state index in [0.29, 0.717) is 23.5 Å². The van der Waals surface area contributed by atoms with Crippen molar-refractivity contribution in [2.75, 3.05) is 7.11 Å². The Morgan fingerprint density at radius 2 is 2.06 bits per heavy atom. The molecule has 0 atom stereocenters. The van der Waals surface area contributed by atoms with Gasteiger partial charge in [0, 0.05) is 11.8 Å². The molecule has 0 aliphatic rings. The zero-order chi connectivity index (χ0) is 12.4. The highest BCUT2D eigenvalue weighted by molar-refractivity contribution is 5.98. The lowest BCUT2D eigenvalue weighted by atomic mass is 10.1. The molecule has 0 spiro atoms. The molecular weight excluding hydrogens is 216 g/mol.